The highest BCUT2D eigenvalue weighted by atomic mass is 16.2. The Morgan fingerprint density at radius 3 is 2.62 bits per heavy atom. The minimum Gasteiger partial charge on any atom is -0.325 e. The van der Waals surface area contributed by atoms with Crippen LogP contribution < -0.4 is 10.2 Å². The summed E-state index contributed by atoms with van der Waals surface area (Å²) < 4.78 is 0. The molecule has 0 bridgehead atoms. The van der Waals surface area contributed by atoms with E-state index in [0.717, 1.165) is 22.5 Å². The number of benzene rings is 2. The van der Waals surface area contributed by atoms with Gasteiger partial charge in [-0.1, -0.05) is 35.9 Å². The molecule has 3 rings (SSSR count). The zero-order valence-electron chi connectivity index (χ0n) is 11.8. The molecule has 2 aromatic carbocycles. The topological polar surface area (TPSA) is 49.4 Å². The first-order valence-electron chi connectivity index (χ1n) is 6.88. The van der Waals surface area contributed by atoms with Crippen molar-refractivity contribution >= 4 is 23.2 Å². The van der Waals surface area contributed by atoms with Crippen LogP contribution in [0.15, 0.2) is 48.5 Å². The van der Waals surface area contributed by atoms with Crippen molar-refractivity contribution in [2.75, 3.05) is 16.8 Å². The highest BCUT2D eigenvalue weighted by Crippen LogP contribution is 2.28. The van der Waals surface area contributed by atoms with Crippen LogP contribution in [0.5, 0.6) is 0 Å². The number of carbonyl (C=O) groups excluding carboxylic acids is 2. The van der Waals surface area contributed by atoms with Gasteiger partial charge in [0.1, 0.15) is 6.54 Å². The number of anilines is 2. The number of aryl methyl sites for hydroxylation is 1. The average Bonchev–Trinajstić information content (AvgIpc) is 2.78. The zero-order chi connectivity index (χ0) is 14.8. The SMILES string of the molecule is Cc1ccc(NC(=O)CN2C(=O)Cc3ccccc32)cc1. The number of fused-ring (bicyclic) bond motifs is 1. The van der Waals surface area contributed by atoms with Crippen molar-refractivity contribution in [2.24, 2.45) is 0 Å². The van der Waals surface area contributed by atoms with Gasteiger partial charge in [0.05, 0.1) is 6.42 Å². The summed E-state index contributed by atoms with van der Waals surface area (Å²) in [6.45, 7) is 2.04. The molecule has 0 spiro atoms. The molecule has 2 aromatic rings. The van der Waals surface area contributed by atoms with Crippen LogP contribution in [0.2, 0.25) is 0 Å². The summed E-state index contributed by atoms with van der Waals surface area (Å²) in [4.78, 5) is 25.7. The monoisotopic (exact) mass is 280 g/mol. The maximum absolute atomic E-state index is 12.1. The first-order chi connectivity index (χ1) is 10.1. The molecular weight excluding hydrogens is 264 g/mol. The smallest absolute Gasteiger partial charge is 0.244 e. The van der Waals surface area contributed by atoms with E-state index in [1.807, 2.05) is 55.5 Å². The molecule has 106 valence electrons. The van der Waals surface area contributed by atoms with E-state index in [4.69, 9.17) is 0 Å². The molecule has 1 heterocycles. The number of nitrogens with zero attached hydrogens (tertiary/aromatic N) is 1. The Morgan fingerprint density at radius 2 is 1.86 bits per heavy atom. The molecule has 21 heavy (non-hydrogen) atoms. The Morgan fingerprint density at radius 1 is 1.14 bits per heavy atom. The van der Waals surface area contributed by atoms with E-state index >= 15 is 0 Å². The molecular formula is C17H16N2O2. The number of hydrogen-bond acceptors (Lipinski definition) is 2. The Hall–Kier alpha value is -2.62. The van der Waals surface area contributed by atoms with E-state index in [1.54, 1.807) is 4.90 Å². The van der Waals surface area contributed by atoms with Crippen molar-refractivity contribution in [2.45, 2.75) is 13.3 Å². The summed E-state index contributed by atoms with van der Waals surface area (Å²) >= 11 is 0. The fourth-order valence-corrected chi connectivity index (χ4v) is 2.47. The van der Waals surface area contributed by atoms with E-state index in [9.17, 15) is 9.59 Å². The van der Waals surface area contributed by atoms with Gasteiger partial charge in [0.25, 0.3) is 0 Å². The van der Waals surface area contributed by atoms with Crippen LogP contribution in [0.3, 0.4) is 0 Å². The van der Waals surface area contributed by atoms with Crippen LogP contribution in [0.1, 0.15) is 11.1 Å². The van der Waals surface area contributed by atoms with Gasteiger partial charge < -0.3 is 10.2 Å². The quantitative estimate of drug-likeness (QED) is 0.939. The van der Waals surface area contributed by atoms with Gasteiger partial charge >= 0.3 is 0 Å². The Labute approximate surface area is 123 Å². The summed E-state index contributed by atoms with van der Waals surface area (Å²) in [5.74, 6) is -0.223. The first kappa shape index (κ1) is 13.4. The molecule has 2 amide bonds. The van der Waals surface area contributed by atoms with Gasteiger partial charge in [0.2, 0.25) is 11.8 Å². The van der Waals surface area contributed by atoms with Gasteiger partial charge in [-0.15, -0.1) is 0 Å². The van der Waals surface area contributed by atoms with Gasteiger partial charge in [-0.05, 0) is 30.7 Å². The summed E-state index contributed by atoms with van der Waals surface area (Å²) in [5.41, 5.74) is 3.69. The predicted molar refractivity (Wildman–Crippen MR) is 82.3 cm³/mol. The molecule has 0 aliphatic carbocycles. The Balaban J connectivity index is 1.70. The van der Waals surface area contributed by atoms with E-state index in [1.165, 1.54) is 0 Å². The second-order valence-electron chi connectivity index (χ2n) is 5.20. The van der Waals surface area contributed by atoms with Crippen molar-refractivity contribution in [1.29, 1.82) is 0 Å². The van der Waals surface area contributed by atoms with Crippen molar-refractivity contribution in [3.63, 3.8) is 0 Å². The van der Waals surface area contributed by atoms with Crippen molar-refractivity contribution in [1.82, 2.24) is 0 Å². The normalized spacial score (nSPS) is 13.2. The molecule has 0 radical (unpaired) electrons. The van der Waals surface area contributed by atoms with Gasteiger partial charge in [0, 0.05) is 11.4 Å². The molecule has 1 aliphatic rings. The Kier molecular flexibility index (Phi) is 3.44. The second kappa shape index (κ2) is 5.40. The lowest BCUT2D eigenvalue weighted by atomic mass is 10.2. The fourth-order valence-electron chi connectivity index (χ4n) is 2.47. The summed E-state index contributed by atoms with van der Waals surface area (Å²) in [6, 6.07) is 15.2. The summed E-state index contributed by atoms with van der Waals surface area (Å²) in [5, 5.41) is 2.81. The Bertz CT molecular complexity index is 692. The van der Waals surface area contributed by atoms with Crippen LogP contribution in [0.25, 0.3) is 0 Å². The molecule has 1 N–H and O–H groups in total. The standard InChI is InChI=1S/C17H16N2O2/c1-12-6-8-14(9-7-12)18-16(20)11-19-15-5-3-2-4-13(15)10-17(19)21/h2-9H,10-11H2,1H3,(H,18,20). The third-order valence-electron chi connectivity index (χ3n) is 3.56. The lowest BCUT2D eigenvalue weighted by Gasteiger charge is -2.17. The molecule has 0 fully saturated rings. The predicted octanol–water partition coefficient (Wildman–Crippen LogP) is 2.52. The molecule has 0 unspecified atom stereocenters. The number of amides is 2. The molecule has 0 saturated heterocycles. The highest BCUT2D eigenvalue weighted by molar-refractivity contribution is 6.07. The van der Waals surface area contributed by atoms with Crippen LogP contribution in [-0.2, 0) is 16.0 Å². The number of rotatable bonds is 3. The number of carbonyl (C=O) groups is 2. The van der Waals surface area contributed by atoms with Crippen LogP contribution in [0, 0.1) is 6.92 Å². The van der Waals surface area contributed by atoms with Crippen LogP contribution in [-0.4, -0.2) is 18.4 Å². The third-order valence-corrected chi connectivity index (χ3v) is 3.56. The van der Waals surface area contributed by atoms with Crippen molar-refractivity contribution in [3.05, 3.63) is 59.7 Å². The largest absolute Gasteiger partial charge is 0.325 e. The molecule has 0 aromatic heterocycles. The highest BCUT2D eigenvalue weighted by Gasteiger charge is 2.28. The van der Waals surface area contributed by atoms with Gasteiger partial charge in [-0.25, -0.2) is 0 Å². The van der Waals surface area contributed by atoms with E-state index in [2.05, 4.69) is 5.32 Å². The zero-order valence-corrected chi connectivity index (χ0v) is 11.8. The van der Waals surface area contributed by atoms with Gasteiger partial charge in [-0.2, -0.15) is 0 Å². The van der Waals surface area contributed by atoms with Gasteiger partial charge in [-0.3, -0.25) is 9.59 Å². The lowest BCUT2D eigenvalue weighted by Crippen LogP contribution is -2.35. The van der Waals surface area contributed by atoms with Crippen LogP contribution in [0.4, 0.5) is 11.4 Å². The maximum Gasteiger partial charge on any atom is 0.244 e. The summed E-state index contributed by atoms with van der Waals surface area (Å²) in [7, 11) is 0. The number of para-hydroxylation sites is 1. The summed E-state index contributed by atoms with van der Waals surface area (Å²) in [6.07, 6.45) is 0.369. The van der Waals surface area contributed by atoms with E-state index in [-0.39, 0.29) is 18.4 Å². The van der Waals surface area contributed by atoms with E-state index in [0.29, 0.717) is 6.42 Å². The average molecular weight is 280 g/mol. The lowest BCUT2D eigenvalue weighted by molar-refractivity contribution is -0.120. The number of hydrogen-bond donors (Lipinski definition) is 1. The third kappa shape index (κ3) is 2.79. The molecule has 0 atom stereocenters. The maximum atomic E-state index is 12.1. The van der Waals surface area contributed by atoms with Crippen molar-refractivity contribution in [3.8, 4) is 0 Å². The molecule has 1 aliphatic heterocycles. The molecule has 0 saturated carbocycles. The second-order valence-corrected chi connectivity index (χ2v) is 5.20. The first-order valence-corrected chi connectivity index (χ1v) is 6.88. The number of nitrogens with one attached hydrogen (secondary N) is 1. The van der Waals surface area contributed by atoms with Crippen molar-refractivity contribution < 1.29 is 9.59 Å². The minimum absolute atomic E-state index is 0.0322. The molecule has 4 heteroatoms. The van der Waals surface area contributed by atoms with Crippen LogP contribution >= 0.6 is 0 Å². The van der Waals surface area contributed by atoms with Gasteiger partial charge in [0.15, 0.2) is 0 Å². The molecule has 4 nitrogen and oxygen atoms in total. The minimum atomic E-state index is -0.191. The van der Waals surface area contributed by atoms with E-state index < -0.39 is 0 Å². The fraction of sp³-hybridized carbons (Fsp3) is 0.176.